The molecule has 1 aromatic carbocycles. The van der Waals surface area contributed by atoms with E-state index in [-0.39, 0.29) is 11.0 Å². The Morgan fingerprint density at radius 3 is 2.11 bits per heavy atom. The molecule has 0 aliphatic rings. The molecule has 0 spiro atoms. The molecule has 18 heavy (non-hydrogen) atoms. The fourth-order valence-corrected chi connectivity index (χ4v) is 2.03. The first-order chi connectivity index (χ1) is 8.04. The minimum absolute atomic E-state index is 0.117. The van der Waals surface area contributed by atoms with E-state index in [4.69, 9.17) is 10.5 Å². The van der Waals surface area contributed by atoms with Gasteiger partial charge in [0.25, 0.3) is 0 Å². The fraction of sp³-hybridized carbons (Fsp3) is 0.600. The summed E-state index contributed by atoms with van der Waals surface area (Å²) in [5.41, 5.74) is 7.41. The zero-order valence-corrected chi connectivity index (χ0v) is 12.3. The number of ether oxygens (including phenoxy) is 1. The summed E-state index contributed by atoms with van der Waals surface area (Å²) in [5.74, 6) is 1.10. The predicted molar refractivity (Wildman–Crippen MR) is 75.3 cm³/mol. The van der Waals surface area contributed by atoms with Crippen LogP contribution in [0.15, 0.2) is 12.1 Å². The van der Waals surface area contributed by atoms with E-state index in [1.54, 1.807) is 13.2 Å². The molecule has 0 amide bonds. The van der Waals surface area contributed by atoms with Gasteiger partial charge >= 0.3 is 0 Å². The van der Waals surface area contributed by atoms with Crippen molar-refractivity contribution in [2.45, 2.75) is 52.0 Å². The molecule has 3 N–H and O–H groups in total. The number of aromatic hydroxyl groups is 1. The lowest BCUT2D eigenvalue weighted by molar-refractivity contribution is 0.393. The van der Waals surface area contributed by atoms with Gasteiger partial charge in [0.2, 0.25) is 0 Å². The molecule has 0 bridgehead atoms. The van der Waals surface area contributed by atoms with Crippen molar-refractivity contribution < 1.29 is 9.84 Å². The first-order valence-electron chi connectivity index (χ1n) is 6.24. The molecule has 0 radical (unpaired) electrons. The smallest absolute Gasteiger partial charge is 0.122 e. The highest BCUT2D eigenvalue weighted by Crippen LogP contribution is 2.36. The molecule has 0 aromatic heterocycles. The van der Waals surface area contributed by atoms with Crippen LogP contribution < -0.4 is 10.5 Å². The first kappa shape index (κ1) is 14.8. The summed E-state index contributed by atoms with van der Waals surface area (Å²) in [5, 5.41) is 10.1. The number of nitrogens with two attached hydrogens (primary N) is 1. The van der Waals surface area contributed by atoms with Gasteiger partial charge in [0, 0.05) is 11.1 Å². The average molecular weight is 251 g/mol. The van der Waals surface area contributed by atoms with E-state index in [9.17, 15) is 5.11 Å². The van der Waals surface area contributed by atoms with Gasteiger partial charge < -0.3 is 15.6 Å². The second-order valence-electron chi connectivity index (χ2n) is 6.60. The third-order valence-electron chi connectivity index (χ3n) is 2.85. The fourth-order valence-electron chi connectivity index (χ4n) is 2.03. The molecule has 1 rings (SSSR count). The van der Waals surface area contributed by atoms with Gasteiger partial charge in [-0.05, 0) is 43.4 Å². The standard InChI is InChI=1S/C15H25NO2/c1-14(2,3)11-8-13(18-6)10(7-12(11)17)9-15(4,5)16/h7-8,17H,9,16H2,1-6H3. The van der Waals surface area contributed by atoms with Gasteiger partial charge in [0.05, 0.1) is 7.11 Å². The number of benzene rings is 1. The molecule has 0 fully saturated rings. The van der Waals surface area contributed by atoms with E-state index in [0.29, 0.717) is 12.2 Å². The second-order valence-corrected chi connectivity index (χ2v) is 6.60. The lowest BCUT2D eigenvalue weighted by Crippen LogP contribution is -2.34. The molecule has 0 atom stereocenters. The van der Waals surface area contributed by atoms with Crippen molar-refractivity contribution in [3.63, 3.8) is 0 Å². The van der Waals surface area contributed by atoms with Crippen molar-refractivity contribution in [3.05, 3.63) is 23.3 Å². The number of phenolic OH excluding ortho intramolecular Hbond substituents is 1. The Hall–Kier alpha value is -1.22. The zero-order chi connectivity index (χ0) is 14.1. The largest absolute Gasteiger partial charge is 0.508 e. The maximum absolute atomic E-state index is 10.1. The van der Waals surface area contributed by atoms with Crippen molar-refractivity contribution in [2.75, 3.05) is 7.11 Å². The Morgan fingerprint density at radius 2 is 1.72 bits per heavy atom. The lowest BCUT2D eigenvalue weighted by Gasteiger charge is -2.25. The normalized spacial score (nSPS) is 12.6. The number of methoxy groups -OCH3 is 1. The molecule has 0 unspecified atom stereocenters. The van der Waals surface area contributed by atoms with Gasteiger partial charge in [0.15, 0.2) is 0 Å². The number of rotatable bonds is 3. The summed E-state index contributed by atoms with van der Waals surface area (Å²) >= 11 is 0. The van der Waals surface area contributed by atoms with Crippen molar-refractivity contribution in [2.24, 2.45) is 5.73 Å². The van der Waals surface area contributed by atoms with Crippen LogP contribution in [0.4, 0.5) is 0 Å². The Balaban J connectivity index is 3.28. The van der Waals surface area contributed by atoms with Crippen LogP contribution in [-0.2, 0) is 11.8 Å². The molecular formula is C15H25NO2. The number of hydrogen-bond donors (Lipinski definition) is 2. The molecule has 0 aliphatic carbocycles. The number of phenols is 1. The van der Waals surface area contributed by atoms with Crippen LogP contribution in [0.2, 0.25) is 0 Å². The van der Waals surface area contributed by atoms with E-state index in [2.05, 4.69) is 20.8 Å². The van der Waals surface area contributed by atoms with Crippen LogP contribution in [0.25, 0.3) is 0 Å². The summed E-state index contributed by atoms with van der Waals surface area (Å²) in [6.45, 7) is 10.1. The summed E-state index contributed by atoms with van der Waals surface area (Å²) in [6, 6.07) is 3.68. The van der Waals surface area contributed by atoms with Gasteiger partial charge in [-0.3, -0.25) is 0 Å². The van der Waals surface area contributed by atoms with Gasteiger partial charge in [-0.25, -0.2) is 0 Å². The van der Waals surface area contributed by atoms with Gasteiger partial charge in [-0.15, -0.1) is 0 Å². The maximum atomic E-state index is 10.1. The zero-order valence-electron chi connectivity index (χ0n) is 12.3. The number of hydrogen-bond acceptors (Lipinski definition) is 3. The Kier molecular flexibility index (Phi) is 3.96. The third-order valence-corrected chi connectivity index (χ3v) is 2.85. The molecule has 0 saturated carbocycles. The molecule has 3 nitrogen and oxygen atoms in total. The van der Waals surface area contributed by atoms with Crippen molar-refractivity contribution in [3.8, 4) is 11.5 Å². The Bertz CT molecular complexity index is 425. The second kappa shape index (κ2) is 4.81. The Labute approximate surface area is 110 Å². The van der Waals surface area contributed by atoms with E-state index >= 15 is 0 Å². The highest BCUT2D eigenvalue weighted by atomic mass is 16.5. The summed E-state index contributed by atoms with van der Waals surface area (Å²) in [4.78, 5) is 0. The summed E-state index contributed by atoms with van der Waals surface area (Å²) < 4.78 is 5.42. The van der Waals surface area contributed by atoms with Crippen LogP contribution in [0.3, 0.4) is 0 Å². The van der Waals surface area contributed by atoms with Crippen LogP contribution >= 0.6 is 0 Å². The maximum Gasteiger partial charge on any atom is 0.122 e. The monoisotopic (exact) mass is 251 g/mol. The van der Waals surface area contributed by atoms with Gasteiger partial charge in [0.1, 0.15) is 11.5 Å². The SMILES string of the molecule is COc1cc(C(C)(C)C)c(O)cc1CC(C)(C)N. The van der Waals surface area contributed by atoms with Gasteiger partial charge in [-0.1, -0.05) is 20.8 Å². The molecule has 3 heteroatoms. The minimum Gasteiger partial charge on any atom is -0.508 e. The lowest BCUT2D eigenvalue weighted by atomic mass is 9.84. The highest BCUT2D eigenvalue weighted by molar-refractivity contribution is 5.49. The van der Waals surface area contributed by atoms with E-state index in [1.165, 1.54) is 0 Å². The van der Waals surface area contributed by atoms with Crippen LogP contribution in [0.5, 0.6) is 11.5 Å². The average Bonchev–Trinajstić information content (AvgIpc) is 2.13. The van der Waals surface area contributed by atoms with Crippen LogP contribution in [0.1, 0.15) is 45.7 Å². The van der Waals surface area contributed by atoms with E-state index in [0.717, 1.165) is 16.9 Å². The molecule has 102 valence electrons. The van der Waals surface area contributed by atoms with Crippen LogP contribution in [-0.4, -0.2) is 17.8 Å². The Morgan fingerprint density at radius 1 is 1.17 bits per heavy atom. The van der Waals surface area contributed by atoms with Crippen molar-refractivity contribution in [1.29, 1.82) is 0 Å². The highest BCUT2D eigenvalue weighted by Gasteiger charge is 2.22. The van der Waals surface area contributed by atoms with E-state index in [1.807, 2.05) is 19.9 Å². The molecule has 0 aliphatic heterocycles. The van der Waals surface area contributed by atoms with Crippen molar-refractivity contribution in [1.82, 2.24) is 0 Å². The van der Waals surface area contributed by atoms with E-state index < -0.39 is 0 Å². The molecular weight excluding hydrogens is 226 g/mol. The summed E-state index contributed by atoms with van der Waals surface area (Å²) in [7, 11) is 1.64. The minimum atomic E-state index is -0.330. The molecule has 0 saturated heterocycles. The predicted octanol–water partition coefficient (Wildman–Crippen LogP) is 2.98. The first-order valence-corrected chi connectivity index (χ1v) is 6.24. The van der Waals surface area contributed by atoms with Crippen molar-refractivity contribution >= 4 is 0 Å². The third kappa shape index (κ3) is 3.64. The topological polar surface area (TPSA) is 55.5 Å². The van der Waals surface area contributed by atoms with Crippen LogP contribution in [0, 0.1) is 0 Å². The van der Waals surface area contributed by atoms with Gasteiger partial charge in [-0.2, -0.15) is 0 Å². The quantitative estimate of drug-likeness (QED) is 0.868. The molecule has 1 aromatic rings. The molecule has 0 heterocycles. The summed E-state index contributed by atoms with van der Waals surface area (Å²) in [6.07, 6.45) is 0.661.